The van der Waals surface area contributed by atoms with Crippen LogP contribution in [-0.4, -0.2) is 28.7 Å². The summed E-state index contributed by atoms with van der Waals surface area (Å²) in [4.78, 5) is 19.8. The van der Waals surface area contributed by atoms with Crippen LogP contribution in [0.25, 0.3) is 10.2 Å². The molecule has 4 rings (SSSR count). The summed E-state index contributed by atoms with van der Waals surface area (Å²) in [6.45, 7) is 1.57. The maximum atomic E-state index is 14.4. The molecule has 136 valence electrons. The monoisotopic (exact) mass is 436 g/mol. The Labute approximate surface area is 162 Å². The third kappa shape index (κ3) is 3.28. The molecule has 0 bridgehead atoms. The maximum absolute atomic E-state index is 14.4. The molecule has 3 heterocycles. The Morgan fingerprint density at radius 1 is 1.38 bits per heavy atom. The summed E-state index contributed by atoms with van der Waals surface area (Å²) in [5.74, 6) is 0.220. The summed E-state index contributed by atoms with van der Waals surface area (Å²) >= 11 is 4.63. The molecule has 1 fully saturated rings. The highest BCUT2D eigenvalue weighted by atomic mass is 79.9. The van der Waals surface area contributed by atoms with Gasteiger partial charge in [-0.3, -0.25) is 9.36 Å². The molecule has 1 saturated heterocycles. The first-order valence-corrected chi connectivity index (χ1v) is 10.1. The summed E-state index contributed by atoms with van der Waals surface area (Å²) in [5.41, 5.74) is 7.12. The highest BCUT2D eigenvalue weighted by Crippen LogP contribution is 2.24. The maximum Gasteiger partial charge on any atom is 0.273 e. The second kappa shape index (κ2) is 7.09. The van der Waals surface area contributed by atoms with Crippen molar-refractivity contribution in [1.29, 1.82) is 0 Å². The van der Waals surface area contributed by atoms with E-state index in [0.717, 1.165) is 19.4 Å². The van der Waals surface area contributed by atoms with Gasteiger partial charge in [0.1, 0.15) is 10.5 Å². The predicted octanol–water partition coefficient (Wildman–Crippen LogP) is 3.34. The molecular formula is C18H18BrFN4OS. The van der Waals surface area contributed by atoms with Crippen LogP contribution in [0.2, 0.25) is 0 Å². The van der Waals surface area contributed by atoms with E-state index in [9.17, 15) is 9.18 Å². The van der Waals surface area contributed by atoms with E-state index in [1.54, 1.807) is 16.7 Å². The average molecular weight is 437 g/mol. The number of aromatic nitrogens is 2. The zero-order chi connectivity index (χ0) is 18.3. The first-order chi connectivity index (χ1) is 12.5. The molecular weight excluding hydrogens is 419 g/mol. The van der Waals surface area contributed by atoms with E-state index in [-0.39, 0.29) is 24.0 Å². The molecule has 1 unspecified atom stereocenters. The Morgan fingerprint density at radius 2 is 2.23 bits per heavy atom. The molecule has 26 heavy (non-hydrogen) atoms. The lowest BCUT2D eigenvalue weighted by Crippen LogP contribution is -2.45. The largest absolute Gasteiger partial charge is 0.341 e. The van der Waals surface area contributed by atoms with Crippen molar-refractivity contribution in [1.82, 2.24) is 9.55 Å². The van der Waals surface area contributed by atoms with Gasteiger partial charge < -0.3 is 10.6 Å². The van der Waals surface area contributed by atoms with Crippen molar-refractivity contribution >= 4 is 43.4 Å². The molecule has 5 nitrogen and oxygen atoms in total. The van der Waals surface area contributed by atoms with E-state index < -0.39 is 0 Å². The number of thiophene rings is 1. The van der Waals surface area contributed by atoms with Crippen LogP contribution in [0.5, 0.6) is 0 Å². The summed E-state index contributed by atoms with van der Waals surface area (Å²) in [6, 6.07) is 6.78. The minimum Gasteiger partial charge on any atom is -0.341 e. The first-order valence-electron chi connectivity index (χ1n) is 8.45. The predicted molar refractivity (Wildman–Crippen MR) is 107 cm³/mol. The average Bonchev–Trinajstić information content (AvgIpc) is 3.08. The SMILES string of the molecule is NC1CCCN(c2nc3ccsc3c(=O)n2Cc2ccc(Br)cc2F)C1. The number of piperidine rings is 1. The molecule has 0 spiro atoms. The lowest BCUT2D eigenvalue weighted by molar-refractivity contribution is 0.490. The fraction of sp³-hybridized carbons (Fsp3) is 0.333. The van der Waals surface area contributed by atoms with Gasteiger partial charge in [-0.1, -0.05) is 22.0 Å². The number of anilines is 1. The van der Waals surface area contributed by atoms with Gasteiger partial charge in [-0.25, -0.2) is 9.37 Å². The van der Waals surface area contributed by atoms with Crippen LogP contribution in [0.15, 0.2) is 38.9 Å². The molecule has 1 atom stereocenters. The number of rotatable bonds is 3. The molecule has 2 aromatic heterocycles. The zero-order valence-electron chi connectivity index (χ0n) is 14.0. The Balaban J connectivity index is 1.84. The normalized spacial score (nSPS) is 17.8. The molecule has 0 radical (unpaired) electrons. The van der Waals surface area contributed by atoms with Crippen LogP contribution in [-0.2, 0) is 6.54 Å². The van der Waals surface area contributed by atoms with Crippen LogP contribution >= 0.6 is 27.3 Å². The minimum absolute atomic E-state index is 0.0525. The molecule has 1 aliphatic rings. The molecule has 0 aliphatic carbocycles. The quantitative estimate of drug-likeness (QED) is 0.683. The summed E-state index contributed by atoms with van der Waals surface area (Å²) < 4.78 is 17.2. The van der Waals surface area contributed by atoms with Crippen LogP contribution in [0.1, 0.15) is 18.4 Å². The third-order valence-electron chi connectivity index (χ3n) is 4.63. The smallest absolute Gasteiger partial charge is 0.273 e. The van der Waals surface area contributed by atoms with Crippen LogP contribution < -0.4 is 16.2 Å². The second-order valence-corrected chi connectivity index (χ2v) is 8.35. The Hall–Kier alpha value is -1.77. The molecule has 8 heteroatoms. The summed E-state index contributed by atoms with van der Waals surface area (Å²) in [7, 11) is 0. The van der Waals surface area contributed by atoms with Crippen molar-refractivity contribution in [2.24, 2.45) is 5.73 Å². The van der Waals surface area contributed by atoms with E-state index in [2.05, 4.69) is 15.9 Å². The number of hydrogen-bond acceptors (Lipinski definition) is 5. The fourth-order valence-electron chi connectivity index (χ4n) is 3.33. The highest BCUT2D eigenvalue weighted by Gasteiger charge is 2.23. The number of nitrogens with two attached hydrogens (primary N) is 1. The number of hydrogen-bond donors (Lipinski definition) is 1. The van der Waals surface area contributed by atoms with Crippen molar-refractivity contribution in [3.05, 3.63) is 55.9 Å². The Bertz CT molecular complexity index is 1020. The lowest BCUT2D eigenvalue weighted by atomic mass is 10.1. The van der Waals surface area contributed by atoms with Gasteiger partial charge in [0.2, 0.25) is 5.95 Å². The van der Waals surface area contributed by atoms with E-state index >= 15 is 0 Å². The summed E-state index contributed by atoms with van der Waals surface area (Å²) in [5, 5.41) is 1.86. The highest BCUT2D eigenvalue weighted by molar-refractivity contribution is 9.10. The minimum atomic E-state index is -0.348. The van der Waals surface area contributed by atoms with Gasteiger partial charge >= 0.3 is 0 Å². The Morgan fingerprint density at radius 3 is 3.00 bits per heavy atom. The lowest BCUT2D eigenvalue weighted by Gasteiger charge is -2.33. The van der Waals surface area contributed by atoms with E-state index in [1.165, 1.54) is 17.4 Å². The fourth-order valence-corrected chi connectivity index (χ4v) is 4.44. The van der Waals surface area contributed by atoms with Crippen molar-refractivity contribution in [2.75, 3.05) is 18.0 Å². The van der Waals surface area contributed by atoms with Gasteiger partial charge in [-0.15, -0.1) is 11.3 Å². The van der Waals surface area contributed by atoms with Gasteiger partial charge in [0, 0.05) is 29.2 Å². The molecule has 1 aliphatic heterocycles. The van der Waals surface area contributed by atoms with Crippen LogP contribution in [0.4, 0.5) is 10.3 Å². The van der Waals surface area contributed by atoms with Gasteiger partial charge in [0.15, 0.2) is 0 Å². The molecule has 0 amide bonds. The van der Waals surface area contributed by atoms with Crippen molar-refractivity contribution < 1.29 is 4.39 Å². The number of benzene rings is 1. The molecule has 0 saturated carbocycles. The van der Waals surface area contributed by atoms with E-state index in [0.29, 0.717) is 32.7 Å². The van der Waals surface area contributed by atoms with Crippen LogP contribution in [0.3, 0.4) is 0 Å². The van der Waals surface area contributed by atoms with E-state index in [4.69, 9.17) is 10.7 Å². The number of fused-ring (bicyclic) bond motifs is 1. The van der Waals surface area contributed by atoms with Gasteiger partial charge in [-0.2, -0.15) is 0 Å². The van der Waals surface area contributed by atoms with Gasteiger partial charge in [0.05, 0.1) is 12.1 Å². The molecule has 1 aromatic carbocycles. The summed E-state index contributed by atoms with van der Waals surface area (Å²) in [6.07, 6.45) is 1.91. The van der Waals surface area contributed by atoms with Crippen LogP contribution in [0, 0.1) is 5.82 Å². The second-order valence-electron chi connectivity index (χ2n) is 6.52. The number of nitrogens with zero attached hydrogens (tertiary/aromatic N) is 3. The number of halogens is 2. The zero-order valence-corrected chi connectivity index (χ0v) is 16.4. The van der Waals surface area contributed by atoms with Crippen molar-refractivity contribution in [3.63, 3.8) is 0 Å². The molecule has 2 N–H and O–H groups in total. The first kappa shape index (κ1) is 17.6. The van der Waals surface area contributed by atoms with Gasteiger partial charge in [-0.05, 0) is 36.4 Å². The third-order valence-corrected chi connectivity index (χ3v) is 6.01. The van der Waals surface area contributed by atoms with Gasteiger partial charge in [0.25, 0.3) is 5.56 Å². The molecule has 3 aromatic rings. The van der Waals surface area contributed by atoms with Crippen molar-refractivity contribution in [2.45, 2.75) is 25.4 Å². The Kier molecular flexibility index (Phi) is 4.81. The van der Waals surface area contributed by atoms with E-state index in [1.807, 2.05) is 16.3 Å². The van der Waals surface area contributed by atoms with Crippen molar-refractivity contribution in [3.8, 4) is 0 Å². The standard InChI is InChI=1S/C18H18BrFN4OS/c19-12-4-3-11(14(20)8-12)9-24-17(25)16-15(5-7-26-16)22-18(24)23-6-1-2-13(21)10-23/h3-5,7-8,13H,1-2,6,9-10,21H2. The topological polar surface area (TPSA) is 64.2 Å².